The molecule has 1 aromatic carbocycles. The van der Waals surface area contributed by atoms with Crippen LogP contribution in [-0.2, 0) is 14.3 Å². The zero-order chi connectivity index (χ0) is 22.6. The van der Waals surface area contributed by atoms with Gasteiger partial charge in [-0.25, -0.2) is 9.97 Å². The van der Waals surface area contributed by atoms with Gasteiger partial charge in [0.2, 0.25) is 11.8 Å². The molecule has 2 aliphatic heterocycles. The van der Waals surface area contributed by atoms with Crippen molar-refractivity contribution < 1.29 is 19.0 Å². The van der Waals surface area contributed by atoms with E-state index >= 15 is 0 Å². The molecule has 0 spiro atoms. The Morgan fingerprint density at radius 3 is 2.67 bits per heavy atom. The van der Waals surface area contributed by atoms with Gasteiger partial charge in [-0.05, 0) is 18.2 Å². The van der Waals surface area contributed by atoms with E-state index in [1.54, 1.807) is 24.2 Å². The second kappa shape index (κ2) is 9.68. The maximum Gasteiger partial charge on any atom is 0.242 e. The Morgan fingerprint density at radius 1 is 1.09 bits per heavy atom. The molecule has 1 unspecified atom stereocenters. The summed E-state index contributed by atoms with van der Waals surface area (Å²) in [4.78, 5) is 29.4. The van der Waals surface area contributed by atoms with E-state index in [4.69, 9.17) is 19.2 Å². The number of morpholine rings is 2. The zero-order valence-corrected chi connectivity index (χ0v) is 18.6. The molecule has 2 fully saturated rings. The molecule has 9 heteroatoms. The summed E-state index contributed by atoms with van der Waals surface area (Å²) in [5, 5.41) is 0. The number of nitrogens with zero attached hydrogens (tertiary/aromatic N) is 5. The average Bonchev–Trinajstić information content (AvgIpc) is 2.88. The Balaban J connectivity index is 1.37. The predicted octanol–water partition coefficient (Wildman–Crippen LogP) is 2.15. The highest BCUT2D eigenvalue weighted by atomic mass is 16.5. The minimum Gasteiger partial charge on any atom is -0.473 e. The van der Waals surface area contributed by atoms with Gasteiger partial charge < -0.3 is 24.0 Å². The van der Waals surface area contributed by atoms with Crippen LogP contribution in [0.15, 0.2) is 42.7 Å². The van der Waals surface area contributed by atoms with E-state index in [-0.39, 0.29) is 18.6 Å². The van der Waals surface area contributed by atoms with E-state index in [9.17, 15) is 4.79 Å². The van der Waals surface area contributed by atoms with Crippen molar-refractivity contribution in [3.63, 3.8) is 0 Å². The van der Waals surface area contributed by atoms with Crippen LogP contribution in [0.25, 0.3) is 22.3 Å². The summed E-state index contributed by atoms with van der Waals surface area (Å²) in [5.41, 5.74) is 4.22. The van der Waals surface area contributed by atoms with Crippen LogP contribution in [0.2, 0.25) is 0 Å². The first-order valence-corrected chi connectivity index (χ1v) is 11.2. The van der Waals surface area contributed by atoms with E-state index in [1.807, 2.05) is 6.07 Å². The number of benzene rings is 1. The molecule has 0 aliphatic carbocycles. The minimum atomic E-state index is -0.215. The van der Waals surface area contributed by atoms with Gasteiger partial charge in [0.15, 0.2) is 5.52 Å². The fourth-order valence-corrected chi connectivity index (χ4v) is 4.13. The summed E-state index contributed by atoms with van der Waals surface area (Å²) in [6.07, 6.45) is 3.07. The maximum atomic E-state index is 11.7. The Morgan fingerprint density at radius 2 is 1.88 bits per heavy atom. The molecule has 172 valence electrons. The van der Waals surface area contributed by atoms with E-state index in [0.717, 1.165) is 37.6 Å². The van der Waals surface area contributed by atoms with Gasteiger partial charge in [-0.15, -0.1) is 0 Å². The molecule has 4 heterocycles. The van der Waals surface area contributed by atoms with Crippen molar-refractivity contribution in [3.8, 4) is 17.1 Å². The molecule has 2 aromatic heterocycles. The van der Waals surface area contributed by atoms with Crippen LogP contribution in [0.1, 0.15) is 6.92 Å². The second-order valence-corrected chi connectivity index (χ2v) is 8.15. The molecule has 0 N–H and O–H groups in total. The predicted molar refractivity (Wildman–Crippen MR) is 123 cm³/mol. The summed E-state index contributed by atoms with van der Waals surface area (Å²) in [6, 6.07) is 10.3. The second-order valence-electron chi connectivity index (χ2n) is 8.15. The minimum absolute atomic E-state index is 0.0419. The van der Waals surface area contributed by atoms with Crippen molar-refractivity contribution in [2.75, 3.05) is 57.5 Å². The fourth-order valence-electron chi connectivity index (χ4n) is 4.13. The van der Waals surface area contributed by atoms with E-state index in [0.29, 0.717) is 36.6 Å². The molecule has 0 bridgehead atoms. The number of aromatic nitrogens is 3. The summed E-state index contributed by atoms with van der Waals surface area (Å²) < 4.78 is 17.3. The van der Waals surface area contributed by atoms with E-state index < -0.39 is 0 Å². The third-order valence-electron chi connectivity index (χ3n) is 5.95. The van der Waals surface area contributed by atoms with E-state index in [1.165, 1.54) is 5.69 Å². The lowest BCUT2D eigenvalue weighted by atomic mass is 10.1. The first-order chi connectivity index (χ1) is 16.2. The van der Waals surface area contributed by atoms with Crippen molar-refractivity contribution in [2.24, 2.45) is 0 Å². The monoisotopic (exact) mass is 449 g/mol. The lowest BCUT2D eigenvalue weighted by Gasteiger charge is -2.32. The first kappa shape index (κ1) is 21.5. The van der Waals surface area contributed by atoms with Crippen LogP contribution in [-0.4, -0.2) is 84.5 Å². The number of amides is 1. The van der Waals surface area contributed by atoms with Crippen molar-refractivity contribution in [1.29, 1.82) is 0 Å². The van der Waals surface area contributed by atoms with Gasteiger partial charge in [-0.1, -0.05) is 12.1 Å². The standard InChI is InChI=1S/C24H27N5O4/c1-17(30)29-10-13-32-20(15-29)16-33-24-23-22(25-6-7-26-23)14-21(27-24)18-2-4-19(5-3-18)28-8-11-31-12-9-28/h2-7,14,20H,8-13,15-16H2,1H3. The third kappa shape index (κ3) is 4.89. The number of anilines is 1. The van der Waals surface area contributed by atoms with E-state index in [2.05, 4.69) is 39.1 Å². The zero-order valence-electron chi connectivity index (χ0n) is 18.6. The normalized spacial score (nSPS) is 19.0. The molecule has 2 aliphatic rings. The molecular weight excluding hydrogens is 422 g/mol. The van der Waals surface area contributed by atoms with Crippen molar-refractivity contribution >= 4 is 22.6 Å². The molecule has 0 radical (unpaired) electrons. The first-order valence-electron chi connectivity index (χ1n) is 11.2. The molecule has 1 amide bonds. The molecular formula is C24H27N5O4. The molecule has 1 atom stereocenters. The van der Waals surface area contributed by atoms with Crippen LogP contribution >= 0.6 is 0 Å². The van der Waals surface area contributed by atoms with Gasteiger partial charge in [0.25, 0.3) is 0 Å². The Kier molecular flexibility index (Phi) is 6.32. The van der Waals surface area contributed by atoms with Gasteiger partial charge in [-0.2, -0.15) is 0 Å². The molecule has 5 rings (SSSR count). The average molecular weight is 450 g/mol. The molecule has 2 saturated heterocycles. The van der Waals surface area contributed by atoms with Gasteiger partial charge in [0.1, 0.15) is 12.7 Å². The molecule has 0 saturated carbocycles. The van der Waals surface area contributed by atoms with Crippen LogP contribution in [0.3, 0.4) is 0 Å². The highest BCUT2D eigenvalue weighted by molar-refractivity contribution is 5.83. The molecule has 3 aromatic rings. The number of hydrogen-bond donors (Lipinski definition) is 0. The number of carbonyl (C=O) groups excluding carboxylic acids is 1. The number of fused-ring (bicyclic) bond motifs is 1. The SMILES string of the molecule is CC(=O)N1CCOC(COc2nc(-c3ccc(N4CCOCC4)cc3)cc3nccnc23)C1. The summed E-state index contributed by atoms with van der Waals surface area (Å²) in [5.74, 6) is 0.455. The van der Waals surface area contributed by atoms with Crippen LogP contribution < -0.4 is 9.64 Å². The number of hydrogen-bond acceptors (Lipinski definition) is 8. The summed E-state index contributed by atoms with van der Waals surface area (Å²) in [7, 11) is 0. The highest BCUT2D eigenvalue weighted by Gasteiger charge is 2.23. The van der Waals surface area contributed by atoms with Crippen LogP contribution in [0.5, 0.6) is 5.88 Å². The summed E-state index contributed by atoms with van der Waals surface area (Å²) in [6.45, 7) is 6.75. The van der Waals surface area contributed by atoms with Crippen molar-refractivity contribution in [2.45, 2.75) is 13.0 Å². The maximum absolute atomic E-state index is 11.7. The van der Waals surface area contributed by atoms with Gasteiger partial charge in [0, 0.05) is 50.2 Å². The van der Waals surface area contributed by atoms with Gasteiger partial charge in [-0.3, -0.25) is 9.78 Å². The molecule has 9 nitrogen and oxygen atoms in total. The quantitative estimate of drug-likeness (QED) is 0.585. The molecule has 33 heavy (non-hydrogen) atoms. The Bertz CT molecular complexity index is 1120. The third-order valence-corrected chi connectivity index (χ3v) is 5.95. The summed E-state index contributed by atoms with van der Waals surface area (Å²) >= 11 is 0. The van der Waals surface area contributed by atoms with Crippen molar-refractivity contribution in [3.05, 3.63) is 42.7 Å². The number of pyridine rings is 1. The Hall–Kier alpha value is -3.30. The fraction of sp³-hybridized carbons (Fsp3) is 0.417. The smallest absolute Gasteiger partial charge is 0.242 e. The highest BCUT2D eigenvalue weighted by Crippen LogP contribution is 2.28. The number of carbonyl (C=O) groups is 1. The lowest BCUT2D eigenvalue weighted by Crippen LogP contribution is -2.46. The Labute approximate surface area is 192 Å². The lowest BCUT2D eigenvalue weighted by molar-refractivity contribution is -0.137. The number of ether oxygens (including phenoxy) is 3. The number of rotatable bonds is 5. The largest absolute Gasteiger partial charge is 0.473 e. The van der Waals surface area contributed by atoms with Crippen LogP contribution in [0.4, 0.5) is 5.69 Å². The van der Waals surface area contributed by atoms with Gasteiger partial charge >= 0.3 is 0 Å². The topological polar surface area (TPSA) is 89.9 Å². The van der Waals surface area contributed by atoms with Crippen molar-refractivity contribution in [1.82, 2.24) is 19.9 Å². The van der Waals surface area contributed by atoms with Gasteiger partial charge in [0.05, 0.1) is 37.6 Å². The van der Waals surface area contributed by atoms with Crippen LogP contribution in [0, 0.1) is 0 Å².